The molecule has 1 saturated carbocycles. The van der Waals surface area contributed by atoms with Gasteiger partial charge >= 0.3 is 0 Å². The van der Waals surface area contributed by atoms with Crippen molar-refractivity contribution in [3.05, 3.63) is 16.7 Å². The Kier molecular flexibility index (Phi) is 5.40. The molecule has 0 saturated heterocycles. The predicted octanol–water partition coefficient (Wildman–Crippen LogP) is 2.74. The first-order chi connectivity index (χ1) is 9.53. The summed E-state index contributed by atoms with van der Waals surface area (Å²) in [7, 11) is -3.53. The highest BCUT2D eigenvalue weighted by atomic mass is 79.9. The van der Waals surface area contributed by atoms with Gasteiger partial charge in [-0.2, -0.15) is 0 Å². The van der Waals surface area contributed by atoms with E-state index in [4.69, 9.17) is 0 Å². The van der Waals surface area contributed by atoms with E-state index in [1.54, 1.807) is 12.3 Å². The molecule has 0 atom stereocenters. The van der Waals surface area contributed by atoms with Gasteiger partial charge < -0.3 is 5.32 Å². The van der Waals surface area contributed by atoms with Gasteiger partial charge in [-0.15, -0.1) is 0 Å². The van der Waals surface area contributed by atoms with Crippen LogP contribution in [0, 0.1) is 5.92 Å². The maximum absolute atomic E-state index is 12.4. The molecule has 0 unspecified atom stereocenters. The number of nitrogens with zero attached hydrogens (tertiary/aromatic N) is 1. The Bertz CT molecular complexity index is 557. The fourth-order valence-corrected chi connectivity index (χ4v) is 4.20. The Morgan fingerprint density at radius 2 is 2.10 bits per heavy atom. The van der Waals surface area contributed by atoms with Gasteiger partial charge in [-0.1, -0.05) is 12.8 Å². The highest BCUT2D eigenvalue weighted by Gasteiger charge is 2.23. The summed E-state index contributed by atoms with van der Waals surface area (Å²) in [6.07, 6.45) is 6.22. The Labute approximate surface area is 128 Å². The van der Waals surface area contributed by atoms with E-state index in [-0.39, 0.29) is 4.90 Å². The second kappa shape index (κ2) is 6.87. The molecule has 1 heterocycles. The summed E-state index contributed by atoms with van der Waals surface area (Å²) in [5.74, 6) is 0.863. The minimum absolute atomic E-state index is 0.201. The zero-order chi connectivity index (χ0) is 14.6. The van der Waals surface area contributed by atoms with Crippen molar-refractivity contribution in [1.29, 1.82) is 0 Å². The normalized spacial score (nSPS) is 16.5. The number of pyridine rings is 1. The van der Waals surface area contributed by atoms with Crippen LogP contribution in [0.25, 0.3) is 0 Å². The zero-order valence-electron chi connectivity index (χ0n) is 11.5. The summed E-state index contributed by atoms with van der Waals surface area (Å²) in [5.41, 5.74) is 0. The van der Waals surface area contributed by atoms with Crippen molar-refractivity contribution < 1.29 is 8.42 Å². The van der Waals surface area contributed by atoms with E-state index < -0.39 is 10.0 Å². The van der Waals surface area contributed by atoms with Crippen LogP contribution in [0.2, 0.25) is 0 Å². The minimum Gasteiger partial charge on any atom is -0.369 e. The average Bonchev–Trinajstić information content (AvgIpc) is 2.92. The van der Waals surface area contributed by atoms with Crippen molar-refractivity contribution in [2.24, 2.45) is 5.92 Å². The first kappa shape index (κ1) is 15.7. The molecule has 0 spiro atoms. The molecule has 1 aromatic heterocycles. The van der Waals surface area contributed by atoms with Crippen molar-refractivity contribution in [2.75, 3.05) is 18.4 Å². The van der Waals surface area contributed by atoms with E-state index in [9.17, 15) is 8.42 Å². The molecule has 0 amide bonds. The second-order valence-electron chi connectivity index (χ2n) is 5.03. The molecule has 0 bridgehead atoms. The second-order valence-corrected chi connectivity index (χ2v) is 7.68. The molecule has 112 valence electrons. The number of aromatic nitrogens is 1. The Morgan fingerprint density at radius 1 is 1.40 bits per heavy atom. The van der Waals surface area contributed by atoms with E-state index in [0.29, 0.717) is 29.3 Å². The van der Waals surface area contributed by atoms with Gasteiger partial charge in [-0.3, -0.25) is 0 Å². The monoisotopic (exact) mass is 361 g/mol. The van der Waals surface area contributed by atoms with Crippen molar-refractivity contribution in [1.82, 2.24) is 9.71 Å². The molecule has 5 nitrogen and oxygen atoms in total. The standard InChI is InChI=1S/C13H20BrN3O2S/c1-2-15-13-12(7-11(14)9-16-13)20(18,19)17-8-10-5-3-4-6-10/h7,9-10,17H,2-6,8H2,1H3,(H,15,16). The van der Waals surface area contributed by atoms with Gasteiger partial charge in [0.05, 0.1) is 0 Å². The Balaban J connectivity index is 2.16. The molecule has 20 heavy (non-hydrogen) atoms. The maximum atomic E-state index is 12.4. The van der Waals surface area contributed by atoms with E-state index in [0.717, 1.165) is 12.8 Å². The van der Waals surface area contributed by atoms with Crippen molar-refractivity contribution in [2.45, 2.75) is 37.5 Å². The summed E-state index contributed by atoms with van der Waals surface area (Å²) in [4.78, 5) is 4.34. The zero-order valence-corrected chi connectivity index (χ0v) is 13.9. The van der Waals surface area contributed by atoms with Gasteiger partial charge in [0.2, 0.25) is 10.0 Å². The lowest BCUT2D eigenvalue weighted by atomic mass is 10.1. The number of nitrogens with one attached hydrogen (secondary N) is 2. The minimum atomic E-state index is -3.53. The maximum Gasteiger partial charge on any atom is 0.244 e. The molecular formula is C13H20BrN3O2S. The molecule has 1 fully saturated rings. The van der Waals surface area contributed by atoms with Crippen molar-refractivity contribution in [3.63, 3.8) is 0 Å². The number of hydrogen-bond acceptors (Lipinski definition) is 4. The van der Waals surface area contributed by atoms with Crippen molar-refractivity contribution in [3.8, 4) is 0 Å². The number of hydrogen-bond donors (Lipinski definition) is 2. The van der Waals surface area contributed by atoms with Gasteiger partial charge in [-0.05, 0) is 47.7 Å². The van der Waals surface area contributed by atoms with Gasteiger partial charge in [0.15, 0.2) is 0 Å². The van der Waals surface area contributed by atoms with Crippen LogP contribution < -0.4 is 10.0 Å². The molecule has 0 aliphatic heterocycles. The third-order valence-corrected chi connectivity index (χ3v) is 5.36. The van der Waals surface area contributed by atoms with Gasteiger partial charge in [-0.25, -0.2) is 18.1 Å². The quantitative estimate of drug-likeness (QED) is 0.816. The molecule has 0 radical (unpaired) electrons. The van der Waals surface area contributed by atoms with Crippen molar-refractivity contribution >= 4 is 31.8 Å². The number of anilines is 1. The Hall–Kier alpha value is -0.660. The first-order valence-electron chi connectivity index (χ1n) is 6.92. The Morgan fingerprint density at radius 3 is 2.75 bits per heavy atom. The molecule has 0 aromatic carbocycles. The summed E-state index contributed by atoms with van der Waals surface area (Å²) in [6, 6.07) is 1.59. The van der Waals surface area contributed by atoms with Crippen LogP contribution in [0.1, 0.15) is 32.6 Å². The molecule has 1 aromatic rings. The average molecular weight is 362 g/mol. The van der Waals surface area contributed by atoms with E-state index in [2.05, 4.69) is 31.0 Å². The van der Waals surface area contributed by atoms with E-state index in [1.807, 2.05) is 6.92 Å². The number of halogens is 1. The third-order valence-electron chi connectivity index (χ3n) is 3.49. The summed E-state index contributed by atoms with van der Waals surface area (Å²) in [6.45, 7) is 3.05. The summed E-state index contributed by atoms with van der Waals surface area (Å²) < 4.78 is 28.2. The summed E-state index contributed by atoms with van der Waals surface area (Å²) >= 11 is 3.27. The number of sulfonamides is 1. The van der Waals surface area contributed by atoms with E-state index in [1.165, 1.54) is 12.8 Å². The first-order valence-corrected chi connectivity index (χ1v) is 9.19. The van der Waals surface area contributed by atoms with Gasteiger partial charge in [0.1, 0.15) is 10.7 Å². The van der Waals surface area contributed by atoms with Crippen LogP contribution >= 0.6 is 15.9 Å². The molecule has 1 aliphatic carbocycles. The number of rotatable bonds is 6. The smallest absolute Gasteiger partial charge is 0.244 e. The van der Waals surface area contributed by atoms with Crippen LogP contribution in [0.15, 0.2) is 21.6 Å². The van der Waals surface area contributed by atoms with Crippen LogP contribution in [-0.2, 0) is 10.0 Å². The van der Waals surface area contributed by atoms with Crippen LogP contribution in [0.5, 0.6) is 0 Å². The van der Waals surface area contributed by atoms with Crippen LogP contribution in [0.3, 0.4) is 0 Å². The van der Waals surface area contributed by atoms with Crippen LogP contribution in [-0.4, -0.2) is 26.5 Å². The molecule has 1 aliphatic rings. The van der Waals surface area contributed by atoms with E-state index >= 15 is 0 Å². The fraction of sp³-hybridized carbons (Fsp3) is 0.615. The molecule has 2 N–H and O–H groups in total. The van der Waals surface area contributed by atoms with Gasteiger partial charge in [0.25, 0.3) is 0 Å². The molecule has 7 heteroatoms. The lowest BCUT2D eigenvalue weighted by Crippen LogP contribution is -2.29. The molecule has 2 rings (SSSR count). The highest BCUT2D eigenvalue weighted by molar-refractivity contribution is 9.10. The predicted molar refractivity (Wildman–Crippen MR) is 83.2 cm³/mol. The topological polar surface area (TPSA) is 71.1 Å². The highest BCUT2D eigenvalue weighted by Crippen LogP contribution is 2.26. The SMILES string of the molecule is CCNc1ncc(Br)cc1S(=O)(=O)NCC1CCCC1. The molecular weight excluding hydrogens is 342 g/mol. The lowest BCUT2D eigenvalue weighted by Gasteiger charge is -2.14. The lowest BCUT2D eigenvalue weighted by molar-refractivity contribution is 0.519. The fourth-order valence-electron chi connectivity index (χ4n) is 2.45. The van der Waals surface area contributed by atoms with Crippen LogP contribution in [0.4, 0.5) is 5.82 Å². The summed E-state index contributed by atoms with van der Waals surface area (Å²) in [5, 5.41) is 2.99. The third kappa shape index (κ3) is 3.93. The van der Waals surface area contributed by atoms with Gasteiger partial charge in [0, 0.05) is 23.8 Å². The largest absolute Gasteiger partial charge is 0.369 e.